The van der Waals surface area contributed by atoms with Gasteiger partial charge in [0.05, 0.1) is 11.0 Å². The first-order chi connectivity index (χ1) is 9.86. The molecule has 116 valence electrons. The van der Waals surface area contributed by atoms with Gasteiger partial charge in [-0.3, -0.25) is 4.79 Å². The predicted octanol–water partition coefficient (Wildman–Crippen LogP) is -0.00830. The van der Waals surface area contributed by atoms with E-state index in [2.05, 4.69) is 10.6 Å². The lowest BCUT2D eigenvalue weighted by Gasteiger charge is -2.24. The molecule has 1 amide bonds. The van der Waals surface area contributed by atoms with E-state index in [1.54, 1.807) is 12.1 Å². The maximum Gasteiger partial charge on any atom is 0.220 e. The summed E-state index contributed by atoms with van der Waals surface area (Å²) in [7, 11) is -3.22. The Labute approximate surface area is 124 Å². The topological polar surface area (TPSA) is 95.5 Å². The van der Waals surface area contributed by atoms with Gasteiger partial charge in [-0.15, -0.1) is 0 Å². The number of piperidine rings is 1. The van der Waals surface area contributed by atoms with Crippen LogP contribution in [0.3, 0.4) is 0 Å². The number of nitrogens with one attached hydrogen (secondary N) is 2. The second-order valence-electron chi connectivity index (χ2n) is 5.30. The number of carbonyl (C=O) groups is 1. The van der Waals surface area contributed by atoms with Crippen molar-refractivity contribution in [3.8, 4) is 0 Å². The predicted molar refractivity (Wildman–Crippen MR) is 78.5 cm³/mol. The average Bonchev–Trinajstić information content (AvgIpc) is 2.45. The van der Waals surface area contributed by atoms with Gasteiger partial charge in [0.15, 0.2) is 9.84 Å². The van der Waals surface area contributed by atoms with E-state index in [4.69, 9.17) is 0 Å². The summed E-state index contributed by atoms with van der Waals surface area (Å²) in [6.07, 6.45) is 1.69. The molecule has 0 aliphatic carbocycles. The van der Waals surface area contributed by atoms with Crippen LogP contribution in [-0.4, -0.2) is 44.8 Å². The molecule has 7 heteroatoms. The second-order valence-corrected chi connectivity index (χ2v) is 7.32. The van der Waals surface area contributed by atoms with Crippen LogP contribution < -0.4 is 10.6 Å². The molecule has 0 radical (unpaired) electrons. The van der Waals surface area contributed by atoms with E-state index in [1.807, 2.05) is 0 Å². The van der Waals surface area contributed by atoms with Crippen LogP contribution in [0.15, 0.2) is 29.2 Å². The minimum Gasteiger partial charge on any atom is -0.387 e. The van der Waals surface area contributed by atoms with E-state index >= 15 is 0 Å². The molecule has 1 fully saturated rings. The molecular formula is C14H20N2O4S. The van der Waals surface area contributed by atoms with E-state index in [9.17, 15) is 18.3 Å². The van der Waals surface area contributed by atoms with Crippen molar-refractivity contribution in [2.75, 3.05) is 19.3 Å². The van der Waals surface area contributed by atoms with E-state index < -0.39 is 15.9 Å². The van der Waals surface area contributed by atoms with Crippen LogP contribution >= 0.6 is 0 Å². The van der Waals surface area contributed by atoms with Gasteiger partial charge in [-0.2, -0.15) is 0 Å². The van der Waals surface area contributed by atoms with Crippen molar-refractivity contribution in [3.05, 3.63) is 29.8 Å². The third-order valence-corrected chi connectivity index (χ3v) is 4.69. The SMILES string of the molecule is CS(=O)(=O)c1ccc(C(O)CNC2CCC(=O)NC2)cc1. The lowest BCUT2D eigenvalue weighted by atomic mass is 10.1. The molecule has 0 aromatic heterocycles. The van der Waals surface area contributed by atoms with E-state index in [-0.39, 0.29) is 16.8 Å². The molecule has 3 N–H and O–H groups in total. The number of benzene rings is 1. The Hall–Kier alpha value is -1.44. The molecule has 0 spiro atoms. The van der Waals surface area contributed by atoms with Crippen LogP contribution in [0.5, 0.6) is 0 Å². The Balaban J connectivity index is 1.88. The first kappa shape index (κ1) is 15.9. The summed E-state index contributed by atoms with van der Waals surface area (Å²) in [5.41, 5.74) is 0.662. The third-order valence-electron chi connectivity index (χ3n) is 3.56. The van der Waals surface area contributed by atoms with E-state index in [0.717, 1.165) is 12.7 Å². The van der Waals surface area contributed by atoms with Gasteiger partial charge in [0.1, 0.15) is 0 Å². The number of carbonyl (C=O) groups excluding carboxylic acids is 1. The fourth-order valence-electron chi connectivity index (χ4n) is 2.24. The lowest BCUT2D eigenvalue weighted by Crippen LogP contribution is -2.46. The zero-order valence-electron chi connectivity index (χ0n) is 11.9. The van der Waals surface area contributed by atoms with Crippen molar-refractivity contribution in [1.29, 1.82) is 0 Å². The van der Waals surface area contributed by atoms with Gasteiger partial charge in [0, 0.05) is 31.8 Å². The summed E-state index contributed by atoms with van der Waals surface area (Å²) in [5.74, 6) is 0.0602. The summed E-state index contributed by atoms with van der Waals surface area (Å²) in [4.78, 5) is 11.3. The molecular weight excluding hydrogens is 292 g/mol. The van der Waals surface area contributed by atoms with Gasteiger partial charge in [-0.25, -0.2) is 8.42 Å². The number of rotatable bonds is 5. The molecule has 1 aliphatic rings. The molecule has 0 saturated carbocycles. The molecule has 1 aromatic carbocycles. The number of sulfone groups is 1. The monoisotopic (exact) mass is 312 g/mol. The number of aliphatic hydroxyl groups excluding tert-OH is 1. The summed E-state index contributed by atoms with van der Waals surface area (Å²) < 4.78 is 22.7. The Kier molecular flexibility index (Phi) is 4.97. The van der Waals surface area contributed by atoms with Crippen LogP contribution in [0, 0.1) is 0 Å². The number of hydrogen-bond acceptors (Lipinski definition) is 5. The van der Waals surface area contributed by atoms with Gasteiger partial charge in [0.2, 0.25) is 5.91 Å². The Bertz CT molecular complexity index is 588. The maximum atomic E-state index is 11.4. The minimum absolute atomic E-state index is 0.0602. The molecule has 2 unspecified atom stereocenters. The van der Waals surface area contributed by atoms with E-state index in [1.165, 1.54) is 12.1 Å². The molecule has 1 aromatic rings. The minimum atomic E-state index is -3.22. The van der Waals surface area contributed by atoms with E-state index in [0.29, 0.717) is 25.1 Å². The standard InChI is InChI=1S/C14H20N2O4S/c1-21(19,20)12-5-2-10(3-6-12)13(17)9-15-11-4-7-14(18)16-8-11/h2-3,5-6,11,13,15,17H,4,7-9H2,1H3,(H,16,18). The third kappa shape index (κ3) is 4.52. The van der Waals surface area contributed by atoms with Crippen molar-refractivity contribution in [3.63, 3.8) is 0 Å². The van der Waals surface area contributed by atoms with Crippen molar-refractivity contribution in [1.82, 2.24) is 10.6 Å². The highest BCUT2D eigenvalue weighted by molar-refractivity contribution is 7.90. The van der Waals surface area contributed by atoms with Crippen LogP contribution in [0.2, 0.25) is 0 Å². The van der Waals surface area contributed by atoms with Crippen molar-refractivity contribution < 1.29 is 18.3 Å². The van der Waals surface area contributed by atoms with Gasteiger partial charge in [0.25, 0.3) is 0 Å². The zero-order valence-corrected chi connectivity index (χ0v) is 12.7. The summed E-state index contributed by atoms with van der Waals surface area (Å²) >= 11 is 0. The summed E-state index contributed by atoms with van der Waals surface area (Å²) in [6, 6.07) is 6.38. The normalized spacial score (nSPS) is 20.9. The van der Waals surface area contributed by atoms with Gasteiger partial charge >= 0.3 is 0 Å². The fraction of sp³-hybridized carbons (Fsp3) is 0.500. The van der Waals surface area contributed by atoms with Crippen molar-refractivity contribution >= 4 is 15.7 Å². The highest BCUT2D eigenvalue weighted by Crippen LogP contribution is 2.16. The summed E-state index contributed by atoms with van der Waals surface area (Å²) in [6.45, 7) is 0.928. The molecule has 1 aliphatic heterocycles. The van der Waals surface area contributed by atoms with Crippen LogP contribution in [0.25, 0.3) is 0 Å². The molecule has 21 heavy (non-hydrogen) atoms. The highest BCUT2D eigenvalue weighted by atomic mass is 32.2. The number of amides is 1. The van der Waals surface area contributed by atoms with Gasteiger partial charge < -0.3 is 15.7 Å². The Morgan fingerprint density at radius 3 is 2.57 bits per heavy atom. The van der Waals surface area contributed by atoms with Gasteiger partial charge in [-0.05, 0) is 24.1 Å². The van der Waals surface area contributed by atoms with Crippen LogP contribution in [-0.2, 0) is 14.6 Å². The van der Waals surface area contributed by atoms with Crippen molar-refractivity contribution in [2.45, 2.75) is 29.9 Å². The fourth-order valence-corrected chi connectivity index (χ4v) is 2.87. The van der Waals surface area contributed by atoms with Crippen molar-refractivity contribution in [2.24, 2.45) is 0 Å². The molecule has 1 heterocycles. The Morgan fingerprint density at radius 1 is 1.38 bits per heavy atom. The quantitative estimate of drug-likeness (QED) is 0.711. The van der Waals surface area contributed by atoms with Crippen LogP contribution in [0.1, 0.15) is 24.5 Å². The zero-order chi connectivity index (χ0) is 15.5. The first-order valence-electron chi connectivity index (χ1n) is 6.84. The molecule has 1 saturated heterocycles. The smallest absolute Gasteiger partial charge is 0.220 e. The largest absolute Gasteiger partial charge is 0.387 e. The first-order valence-corrected chi connectivity index (χ1v) is 8.73. The summed E-state index contributed by atoms with van der Waals surface area (Å²) in [5, 5.41) is 16.1. The maximum absolute atomic E-state index is 11.4. The molecule has 6 nitrogen and oxygen atoms in total. The lowest BCUT2D eigenvalue weighted by molar-refractivity contribution is -0.122. The Morgan fingerprint density at radius 2 is 2.05 bits per heavy atom. The van der Waals surface area contributed by atoms with Gasteiger partial charge in [-0.1, -0.05) is 12.1 Å². The highest BCUT2D eigenvalue weighted by Gasteiger charge is 2.18. The molecule has 2 atom stereocenters. The molecule has 2 rings (SSSR count). The number of aliphatic hydroxyl groups is 1. The average molecular weight is 312 g/mol. The number of hydrogen-bond donors (Lipinski definition) is 3. The van der Waals surface area contributed by atoms with Crippen LogP contribution in [0.4, 0.5) is 0 Å². The second kappa shape index (κ2) is 6.55. The molecule has 0 bridgehead atoms.